The molecule has 29 heavy (non-hydrogen) atoms. The fraction of sp³-hybridized carbons (Fsp3) is 0.333. The van der Waals surface area contributed by atoms with E-state index in [2.05, 4.69) is 26.6 Å². The van der Waals surface area contributed by atoms with Gasteiger partial charge in [-0.05, 0) is 60.0 Å². The highest BCUT2D eigenvalue weighted by atomic mass is 79.9. The van der Waals surface area contributed by atoms with Gasteiger partial charge in [-0.15, -0.1) is 0 Å². The molecule has 1 aliphatic rings. The molecule has 154 valence electrons. The van der Waals surface area contributed by atoms with Crippen molar-refractivity contribution in [2.75, 3.05) is 37.4 Å². The predicted molar refractivity (Wildman–Crippen MR) is 116 cm³/mol. The zero-order valence-electron chi connectivity index (χ0n) is 16.5. The molecule has 2 aromatic rings. The van der Waals surface area contributed by atoms with Crippen LogP contribution in [0.3, 0.4) is 0 Å². The monoisotopic (exact) mass is 461 g/mol. The number of anilines is 2. The molecule has 1 aliphatic heterocycles. The lowest BCUT2D eigenvalue weighted by atomic mass is 10.1. The number of halogens is 1. The molecule has 0 radical (unpaired) electrons. The highest BCUT2D eigenvalue weighted by Gasteiger charge is 2.20. The van der Waals surface area contributed by atoms with Gasteiger partial charge in [-0.1, -0.05) is 12.1 Å². The van der Waals surface area contributed by atoms with E-state index >= 15 is 0 Å². The second kappa shape index (κ2) is 9.65. The second-order valence-electron chi connectivity index (χ2n) is 6.55. The third-order valence-corrected chi connectivity index (χ3v) is 5.18. The largest absolute Gasteiger partial charge is 0.493 e. The van der Waals surface area contributed by atoms with Crippen LogP contribution in [-0.4, -0.2) is 43.6 Å². The SMILES string of the molecule is CCOc1c(Br)cc(C(=O)Nc2ccccc2NC(=O)N2CCCC2)cc1OC. The van der Waals surface area contributed by atoms with E-state index in [1.54, 1.807) is 35.2 Å². The lowest BCUT2D eigenvalue weighted by Gasteiger charge is -2.18. The van der Waals surface area contributed by atoms with Gasteiger partial charge in [0, 0.05) is 18.7 Å². The van der Waals surface area contributed by atoms with Gasteiger partial charge in [-0.25, -0.2) is 4.79 Å². The van der Waals surface area contributed by atoms with Crippen molar-refractivity contribution in [3.8, 4) is 11.5 Å². The number of carbonyl (C=O) groups excluding carboxylic acids is 2. The van der Waals surface area contributed by atoms with Gasteiger partial charge in [0.1, 0.15) is 0 Å². The first-order chi connectivity index (χ1) is 14.0. The molecule has 0 atom stereocenters. The summed E-state index contributed by atoms with van der Waals surface area (Å²) in [6.45, 7) is 3.85. The fourth-order valence-electron chi connectivity index (χ4n) is 3.15. The van der Waals surface area contributed by atoms with Crippen LogP contribution in [0.25, 0.3) is 0 Å². The summed E-state index contributed by atoms with van der Waals surface area (Å²) in [4.78, 5) is 27.0. The lowest BCUT2D eigenvalue weighted by Crippen LogP contribution is -2.32. The van der Waals surface area contributed by atoms with Crippen LogP contribution in [0.4, 0.5) is 16.2 Å². The van der Waals surface area contributed by atoms with E-state index in [0.29, 0.717) is 39.5 Å². The summed E-state index contributed by atoms with van der Waals surface area (Å²) < 4.78 is 11.5. The molecule has 3 rings (SSSR count). The van der Waals surface area contributed by atoms with Crippen molar-refractivity contribution < 1.29 is 19.1 Å². The number of rotatable bonds is 6. The summed E-state index contributed by atoms with van der Waals surface area (Å²) >= 11 is 3.43. The van der Waals surface area contributed by atoms with Gasteiger partial charge in [-0.3, -0.25) is 4.79 Å². The van der Waals surface area contributed by atoms with Gasteiger partial charge in [0.2, 0.25) is 0 Å². The number of hydrogen-bond acceptors (Lipinski definition) is 4. The molecular weight excluding hydrogens is 438 g/mol. The summed E-state index contributed by atoms with van der Waals surface area (Å²) in [5.74, 6) is 0.682. The standard InChI is InChI=1S/C21H24BrN3O4/c1-3-29-19-15(22)12-14(13-18(19)28-2)20(26)23-16-8-4-5-9-17(16)24-21(27)25-10-6-7-11-25/h4-5,8-9,12-13H,3,6-7,10-11H2,1-2H3,(H,23,26)(H,24,27). The number of likely N-dealkylation sites (tertiary alicyclic amines) is 1. The zero-order valence-corrected chi connectivity index (χ0v) is 18.0. The van der Waals surface area contributed by atoms with Crippen molar-refractivity contribution in [1.29, 1.82) is 0 Å². The number of nitrogens with zero attached hydrogens (tertiary/aromatic N) is 1. The molecule has 7 nitrogen and oxygen atoms in total. The quantitative estimate of drug-likeness (QED) is 0.650. The molecule has 1 heterocycles. The Hall–Kier alpha value is -2.74. The van der Waals surface area contributed by atoms with Crippen molar-refractivity contribution >= 4 is 39.2 Å². The first kappa shape index (κ1) is 21.0. The van der Waals surface area contributed by atoms with Crippen molar-refractivity contribution in [1.82, 2.24) is 4.90 Å². The average Bonchev–Trinajstić information content (AvgIpc) is 3.26. The molecule has 0 saturated carbocycles. The summed E-state index contributed by atoms with van der Waals surface area (Å²) in [6, 6.07) is 10.3. The number of urea groups is 1. The first-order valence-corrected chi connectivity index (χ1v) is 10.3. The van der Waals surface area contributed by atoms with Gasteiger partial charge in [-0.2, -0.15) is 0 Å². The summed E-state index contributed by atoms with van der Waals surface area (Å²) in [6.07, 6.45) is 2.03. The molecule has 2 aromatic carbocycles. The number of ether oxygens (including phenoxy) is 2. The van der Waals surface area contributed by atoms with Crippen LogP contribution in [0.1, 0.15) is 30.1 Å². The number of amides is 3. The van der Waals surface area contributed by atoms with E-state index in [0.717, 1.165) is 25.9 Å². The van der Waals surface area contributed by atoms with Crippen LogP contribution in [0.2, 0.25) is 0 Å². The Morgan fingerprint density at radius 2 is 1.76 bits per heavy atom. The minimum atomic E-state index is -0.324. The zero-order chi connectivity index (χ0) is 20.8. The molecular formula is C21H24BrN3O4. The van der Waals surface area contributed by atoms with Gasteiger partial charge in [0.05, 0.1) is 29.6 Å². The number of methoxy groups -OCH3 is 1. The molecule has 0 spiro atoms. The normalized spacial score (nSPS) is 13.1. The molecule has 3 amide bonds. The minimum Gasteiger partial charge on any atom is -0.493 e. The molecule has 8 heteroatoms. The average molecular weight is 462 g/mol. The molecule has 0 bridgehead atoms. The summed E-state index contributed by atoms with van der Waals surface area (Å²) in [7, 11) is 1.52. The van der Waals surface area contributed by atoms with Crippen molar-refractivity contribution in [2.24, 2.45) is 0 Å². The van der Waals surface area contributed by atoms with E-state index < -0.39 is 0 Å². The van der Waals surface area contributed by atoms with Crippen LogP contribution >= 0.6 is 15.9 Å². The smallest absolute Gasteiger partial charge is 0.321 e. The molecule has 0 unspecified atom stereocenters. The van der Waals surface area contributed by atoms with Gasteiger partial charge in [0.25, 0.3) is 5.91 Å². The number of para-hydroxylation sites is 2. The highest BCUT2D eigenvalue weighted by Crippen LogP contribution is 2.37. The Labute approximate surface area is 178 Å². The second-order valence-corrected chi connectivity index (χ2v) is 7.40. The molecule has 1 saturated heterocycles. The van der Waals surface area contributed by atoms with Crippen LogP contribution in [0, 0.1) is 0 Å². The van der Waals surface area contributed by atoms with Gasteiger partial charge in [0.15, 0.2) is 11.5 Å². The predicted octanol–water partition coefficient (Wildman–Crippen LogP) is 4.74. The molecule has 2 N–H and O–H groups in total. The lowest BCUT2D eigenvalue weighted by molar-refractivity contribution is 0.102. The van der Waals surface area contributed by atoms with Gasteiger partial charge >= 0.3 is 6.03 Å². The van der Waals surface area contributed by atoms with Crippen molar-refractivity contribution in [3.63, 3.8) is 0 Å². The van der Waals surface area contributed by atoms with E-state index in [9.17, 15) is 9.59 Å². The Morgan fingerprint density at radius 1 is 1.10 bits per heavy atom. The third-order valence-electron chi connectivity index (χ3n) is 4.59. The minimum absolute atomic E-state index is 0.158. The Bertz CT molecular complexity index is 897. The third kappa shape index (κ3) is 5.00. The van der Waals surface area contributed by atoms with E-state index in [1.165, 1.54) is 7.11 Å². The molecule has 1 fully saturated rings. The number of benzene rings is 2. The Balaban J connectivity index is 1.79. The maximum atomic E-state index is 12.8. The maximum Gasteiger partial charge on any atom is 0.321 e. The van der Waals surface area contributed by atoms with E-state index in [-0.39, 0.29) is 11.9 Å². The van der Waals surface area contributed by atoms with Crippen LogP contribution < -0.4 is 20.1 Å². The van der Waals surface area contributed by atoms with Crippen LogP contribution in [0.15, 0.2) is 40.9 Å². The summed E-state index contributed by atoms with van der Waals surface area (Å²) in [5.41, 5.74) is 1.47. The van der Waals surface area contributed by atoms with Crippen LogP contribution in [-0.2, 0) is 0 Å². The van der Waals surface area contributed by atoms with Crippen molar-refractivity contribution in [3.05, 3.63) is 46.4 Å². The maximum absolute atomic E-state index is 12.8. The highest BCUT2D eigenvalue weighted by molar-refractivity contribution is 9.10. The van der Waals surface area contributed by atoms with Crippen molar-refractivity contribution in [2.45, 2.75) is 19.8 Å². The first-order valence-electron chi connectivity index (χ1n) is 9.50. The Morgan fingerprint density at radius 3 is 2.38 bits per heavy atom. The molecule has 0 aliphatic carbocycles. The van der Waals surface area contributed by atoms with E-state index in [1.807, 2.05) is 13.0 Å². The van der Waals surface area contributed by atoms with Crippen LogP contribution in [0.5, 0.6) is 11.5 Å². The Kier molecular flexibility index (Phi) is 6.98. The topological polar surface area (TPSA) is 79.9 Å². The van der Waals surface area contributed by atoms with E-state index in [4.69, 9.17) is 9.47 Å². The van der Waals surface area contributed by atoms with Gasteiger partial charge < -0.3 is 25.0 Å². The number of nitrogens with one attached hydrogen (secondary N) is 2. The molecule has 0 aromatic heterocycles. The summed E-state index contributed by atoms with van der Waals surface area (Å²) in [5, 5.41) is 5.75. The number of carbonyl (C=O) groups is 2. The number of hydrogen-bond donors (Lipinski definition) is 2. The fourth-order valence-corrected chi connectivity index (χ4v) is 3.70.